The van der Waals surface area contributed by atoms with Crippen LogP contribution >= 0.6 is 11.3 Å². The molecule has 2 aromatic rings. The van der Waals surface area contributed by atoms with Crippen LogP contribution in [-0.4, -0.2) is 15.5 Å². The fourth-order valence-corrected chi connectivity index (χ4v) is 2.76. The Morgan fingerprint density at radius 2 is 2.26 bits per heavy atom. The van der Waals surface area contributed by atoms with E-state index in [0.29, 0.717) is 6.42 Å². The first-order chi connectivity index (χ1) is 9.09. The molecule has 0 atom stereocenters. The molecule has 0 aromatic carbocycles. The standard InChI is InChI=1S/C14H18N2O2S/c1-10(2)12-8-15-14(18)16(12)13(17)5-3-4-11-6-7-19-9-11/h6-10H,3-5H2,1-2H3,(H,15,18). The lowest BCUT2D eigenvalue weighted by molar-refractivity contribution is 0.0892. The summed E-state index contributed by atoms with van der Waals surface area (Å²) in [6.45, 7) is 3.94. The topological polar surface area (TPSA) is 54.9 Å². The number of aryl methyl sites for hydroxylation is 1. The first-order valence-electron chi connectivity index (χ1n) is 6.44. The summed E-state index contributed by atoms with van der Waals surface area (Å²) < 4.78 is 1.28. The number of aromatic nitrogens is 2. The van der Waals surface area contributed by atoms with E-state index >= 15 is 0 Å². The number of nitrogens with zero attached hydrogens (tertiary/aromatic N) is 1. The summed E-state index contributed by atoms with van der Waals surface area (Å²) >= 11 is 1.66. The zero-order valence-corrected chi connectivity index (χ0v) is 12.0. The third kappa shape index (κ3) is 3.23. The van der Waals surface area contributed by atoms with Crippen LogP contribution in [0.1, 0.15) is 48.7 Å². The largest absolute Gasteiger partial charge is 0.332 e. The monoisotopic (exact) mass is 278 g/mol. The molecule has 0 radical (unpaired) electrons. The van der Waals surface area contributed by atoms with Gasteiger partial charge in [-0.05, 0) is 41.1 Å². The molecular weight excluding hydrogens is 260 g/mol. The summed E-state index contributed by atoms with van der Waals surface area (Å²) in [5.74, 6) is 0.0324. The fraction of sp³-hybridized carbons (Fsp3) is 0.429. The Bertz CT molecular complexity index is 593. The normalized spacial score (nSPS) is 11.1. The molecule has 0 aliphatic rings. The van der Waals surface area contributed by atoms with Crippen LogP contribution < -0.4 is 5.69 Å². The predicted molar refractivity (Wildman–Crippen MR) is 77.0 cm³/mol. The summed E-state index contributed by atoms with van der Waals surface area (Å²) in [5, 5.41) is 4.12. The molecule has 0 saturated heterocycles. The van der Waals surface area contributed by atoms with Crippen molar-refractivity contribution in [2.24, 2.45) is 0 Å². The Hall–Kier alpha value is -1.62. The highest BCUT2D eigenvalue weighted by atomic mass is 32.1. The molecule has 102 valence electrons. The van der Waals surface area contributed by atoms with Gasteiger partial charge in [-0.15, -0.1) is 0 Å². The zero-order valence-electron chi connectivity index (χ0n) is 11.2. The third-order valence-electron chi connectivity index (χ3n) is 3.08. The number of imidazole rings is 1. The van der Waals surface area contributed by atoms with Crippen molar-refractivity contribution in [1.82, 2.24) is 9.55 Å². The van der Waals surface area contributed by atoms with E-state index in [-0.39, 0.29) is 17.5 Å². The molecule has 2 heterocycles. The molecule has 4 nitrogen and oxygen atoms in total. The van der Waals surface area contributed by atoms with Gasteiger partial charge < -0.3 is 4.98 Å². The quantitative estimate of drug-likeness (QED) is 0.914. The Labute approximate surface area is 116 Å². The molecule has 0 saturated carbocycles. The number of hydrogen-bond donors (Lipinski definition) is 1. The van der Waals surface area contributed by atoms with Gasteiger partial charge in [-0.1, -0.05) is 13.8 Å². The van der Waals surface area contributed by atoms with E-state index in [4.69, 9.17) is 0 Å². The van der Waals surface area contributed by atoms with Gasteiger partial charge in [0.1, 0.15) is 0 Å². The molecule has 0 fully saturated rings. The van der Waals surface area contributed by atoms with Crippen molar-refractivity contribution < 1.29 is 4.79 Å². The van der Waals surface area contributed by atoms with Crippen LogP contribution in [0.2, 0.25) is 0 Å². The van der Waals surface area contributed by atoms with Crippen LogP contribution in [0.3, 0.4) is 0 Å². The van der Waals surface area contributed by atoms with Gasteiger partial charge in [-0.25, -0.2) is 9.36 Å². The number of rotatable bonds is 5. The average molecular weight is 278 g/mol. The molecule has 0 spiro atoms. The van der Waals surface area contributed by atoms with E-state index in [1.807, 2.05) is 19.2 Å². The van der Waals surface area contributed by atoms with Gasteiger partial charge in [0.2, 0.25) is 5.91 Å². The Kier molecular flexibility index (Phi) is 4.37. The highest BCUT2D eigenvalue weighted by Gasteiger charge is 2.15. The molecular formula is C14H18N2O2S. The van der Waals surface area contributed by atoms with E-state index in [2.05, 4.69) is 16.4 Å². The maximum absolute atomic E-state index is 12.1. The lowest BCUT2D eigenvalue weighted by atomic mass is 10.1. The minimum Gasteiger partial charge on any atom is -0.312 e. The SMILES string of the molecule is CC(C)c1c[nH]c(=O)n1C(=O)CCCc1ccsc1. The molecule has 19 heavy (non-hydrogen) atoms. The Balaban J connectivity index is 2.00. The lowest BCUT2D eigenvalue weighted by Crippen LogP contribution is -2.26. The molecule has 0 aliphatic heterocycles. The smallest absolute Gasteiger partial charge is 0.312 e. The Morgan fingerprint density at radius 3 is 2.89 bits per heavy atom. The van der Waals surface area contributed by atoms with E-state index in [1.54, 1.807) is 17.5 Å². The second-order valence-electron chi connectivity index (χ2n) is 4.89. The minimum absolute atomic E-state index is 0.120. The van der Waals surface area contributed by atoms with Crippen LogP contribution in [0.5, 0.6) is 0 Å². The summed E-state index contributed by atoms with van der Waals surface area (Å²) in [6.07, 6.45) is 3.67. The van der Waals surface area contributed by atoms with Gasteiger partial charge in [0.05, 0.1) is 0 Å². The molecule has 1 N–H and O–H groups in total. The van der Waals surface area contributed by atoms with Gasteiger partial charge in [0, 0.05) is 18.3 Å². The number of thiophene rings is 1. The highest BCUT2D eigenvalue weighted by Crippen LogP contribution is 2.13. The van der Waals surface area contributed by atoms with Crippen molar-refractivity contribution >= 4 is 17.2 Å². The summed E-state index contributed by atoms with van der Waals surface area (Å²) in [7, 11) is 0. The zero-order chi connectivity index (χ0) is 13.8. The highest BCUT2D eigenvalue weighted by molar-refractivity contribution is 7.07. The minimum atomic E-state index is -0.329. The van der Waals surface area contributed by atoms with Crippen molar-refractivity contribution in [3.8, 4) is 0 Å². The maximum Gasteiger partial charge on any atom is 0.332 e. The van der Waals surface area contributed by atoms with Crippen molar-refractivity contribution in [3.05, 3.63) is 44.8 Å². The molecule has 0 bridgehead atoms. The van der Waals surface area contributed by atoms with Gasteiger partial charge in [0.15, 0.2) is 0 Å². The average Bonchev–Trinajstić information content (AvgIpc) is 2.98. The van der Waals surface area contributed by atoms with Gasteiger partial charge in [-0.3, -0.25) is 4.79 Å². The number of carbonyl (C=O) groups excluding carboxylic acids is 1. The van der Waals surface area contributed by atoms with Crippen LogP contribution in [0.15, 0.2) is 27.8 Å². The van der Waals surface area contributed by atoms with Crippen LogP contribution in [0.25, 0.3) is 0 Å². The second kappa shape index (κ2) is 6.02. The molecule has 5 heteroatoms. The molecule has 2 rings (SSSR count). The fourth-order valence-electron chi connectivity index (χ4n) is 2.05. The lowest BCUT2D eigenvalue weighted by Gasteiger charge is -2.08. The second-order valence-corrected chi connectivity index (χ2v) is 5.67. The van der Waals surface area contributed by atoms with Crippen molar-refractivity contribution in [2.45, 2.75) is 39.0 Å². The van der Waals surface area contributed by atoms with Gasteiger partial charge >= 0.3 is 5.69 Å². The molecule has 0 unspecified atom stereocenters. The first-order valence-corrected chi connectivity index (χ1v) is 7.38. The molecule has 0 aliphatic carbocycles. The third-order valence-corrected chi connectivity index (χ3v) is 3.81. The first kappa shape index (κ1) is 13.8. The number of H-pyrrole nitrogens is 1. The maximum atomic E-state index is 12.1. The molecule has 2 aromatic heterocycles. The van der Waals surface area contributed by atoms with Gasteiger partial charge in [-0.2, -0.15) is 11.3 Å². The number of carbonyl (C=O) groups is 1. The van der Waals surface area contributed by atoms with E-state index in [9.17, 15) is 9.59 Å². The van der Waals surface area contributed by atoms with Crippen molar-refractivity contribution in [3.63, 3.8) is 0 Å². The summed E-state index contributed by atoms with van der Waals surface area (Å²) in [4.78, 5) is 26.4. The van der Waals surface area contributed by atoms with E-state index in [1.165, 1.54) is 10.1 Å². The number of hydrogen-bond acceptors (Lipinski definition) is 3. The van der Waals surface area contributed by atoms with Crippen LogP contribution in [0, 0.1) is 0 Å². The molecule has 0 amide bonds. The van der Waals surface area contributed by atoms with E-state index in [0.717, 1.165) is 18.5 Å². The predicted octanol–water partition coefficient (Wildman–Crippen LogP) is 3.02. The number of nitrogens with one attached hydrogen (secondary N) is 1. The van der Waals surface area contributed by atoms with Crippen LogP contribution in [-0.2, 0) is 6.42 Å². The van der Waals surface area contributed by atoms with Crippen molar-refractivity contribution in [2.75, 3.05) is 0 Å². The Morgan fingerprint density at radius 1 is 1.47 bits per heavy atom. The van der Waals surface area contributed by atoms with Crippen molar-refractivity contribution in [1.29, 1.82) is 0 Å². The van der Waals surface area contributed by atoms with Crippen LogP contribution in [0.4, 0.5) is 0 Å². The summed E-state index contributed by atoms with van der Waals surface area (Å²) in [6, 6.07) is 2.07. The van der Waals surface area contributed by atoms with E-state index < -0.39 is 0 Å². The van der Waals surface area contributed by atoms with Gasteiger partial charge in [0.25, 0.3) is 0 Å². The number of aromatic amines is 1. The summed E-state index contributed by atoms with van der Waals surface area (Å²) in [5.41, 5.74) is 1.68.